The maximum atomic E-state index is 12.4. The summed E-state index contributed by atoms with van der Waals surface area (Å²) in [6.45, 7) is 6.26. The number of pyridine rings is 2. The third kappa shape index (κ3) is 4.54. The molecule has 1 N–H and O–H groups in total. The number of aromatic nitrogens is 2. The van der Waals surface area contributed by atoms with Crippen LogP contribution in [0, 0.1) is 6.92 Å². The van der Waals surface area contributed by atoms with E-state index >= 15 is 0 Å². The Bertz CT molecular complexity index is 712. The first kappa shape index (κ1) is 17.4. The molecule has 0 saturated carbocycles. The van der Waals surface area contributed by atoms with Crippen molar-refractivity contribution in [1.29, 1.82) is 0 Å². The number of carbonyl (C=O) groups excluding carboxylic acids is 1. The summed E-state index contributed by atoms with van der Waals surface area (Å²) in [7, 11) is 0. The van der Waals surface area contributed by atoms with Crippen LogP contribution < -0.4 is 10.1 Å². The Labute approximate surface area is 148 Å². The van der Waals surface area contributed by atoms with Gasteiger partial charge in [0.15, 0.2) is 0 Å². The van der Waals surface area contributed by atoms with Gasteiger partial charge in [0.2, 0.25) is 11.8 Å². The van der Waals surface area contributed by atoms with E-state index in [-0.39, 0.29) is 11.9 Å². The summed E-state index contributed by atoms with van der Waals surface area (Å²) in [4.78, 5) is 23.1. The van der Waals surface area contributed by atoms with Crippen LogP contribution in [-0.2, 0) is 11.3 Å². The number of nitrogens with zero attached hydrogens (tertiary/aromatic N) is 3. The number of amides is 1. The first-order valence-electron chi connectivity index (χ1n) is 8.69. The van der Waals surface area contributed by atoms with Crippen LogP contribution in [0.3, 0.4) is 0 Å². The Morgan fingerprint density at radius 2 is 2.08 bits per heavy atom. The molecule has 3 rings (SSSR count). The van der Waals surface area contributed by atoms with Crippen LogP contribution >= 0.6 is 0 Å². The number of aryl methyl sites for hydroxylation is 1. The smallest absolute Gasteiger partial charge is 0.237 e. The number of hydrogen-bond acceptors (Lipinski definition) is 5. The van der Waals surface area contributed by atoms with Crippen molar-refractivity contribution in [3.05, 3.63) is 47.9 Å². The summed E-state index contributed by atoms with van der Waals surface area (Å²) < 4.78 is 5.82. The highest BCUT2D eigenvalue weighted by atomic mass is 16.5. The molecule has 6 nitrogen and oxygen atoms in total. The molecule has 1 fully saturated rings. The number of likely N-dealkylation sites (tertiary alicyclic amines) is 1. The number of nitrogens with one attached hydrogen (secondary N) is 1. The van der Waals surface area contributed by atoms with Crippen molar-refractivity contribution in [2.24, 2.45) is 0 Å². The molecule has 1 amide bonds. The topological polar surface area (TPSA) is 67.3 Å². The number of carbonyl (C=O) groups is 1. The van der Waals surface area contributed by atoms with Gasteiger partial charge in [0.05, 0.1) is 12.2 Å². The summed E-state index contributed by atoms with van der Waals surface area (Å²) in [6.07, 6.45) is 5.68. The molecule has 0 spiro atoms. The molecule has 0 bridgehead atoms. The minimum absolute atomic E-state index is 0.0358. The SMILES string of the molecule is Cc1ccc(Oc2ncccc2CNC(=O)[C@@H](C)N2CCCC2)cn1. The van der Waals surface area contributed by atoms with E-state index in [1.54, 1.807) is 12.4 Å². The average Bonchev–Trinajstić information content (AvgIpc) is 3.16. The van der Waals surface area contributed by atoms with E-state index in [0.29, 0.717) is 18.2 Å². The van der Waals surface area contributed by atoms with Gasteiger partial charge in [0.1, 0.15) is 5.75 Å². The minimum atomic E-state index is -0.107. The minimum Gasteiger partial charge on any atom is -0.437 e. The van der Waals surface area contributed by atoms with E-state index in [1.807, 2.05) is 38.1 Å². The van der Waals surface area contributed by atoms with Gasteiger partial charge in [-0.25, -0.2) is 4.98 Å². The lowest BCUT2D eigenvalue weighted by atomic mass is 10.2. The molecule has 3 heterocycles. The maximum Gasteiger partial charge on any atom is 0.237 e. The Morgan fingerprint density at radius 1 is 1.28 bits per heavy atom. The normalized spacial score (nSPS) is 15.8. The molecule has 0 unspecified atom stereocenters. The van der Waals surface area contributed by atoms with Crippen molar-refractivity contribution >= 4 is 5.91 Å². The summed E-state index contributed by atoms with van der Waals surface area (Å²) in [5.74, 6) is 1.15. The molecule has 2 aromatic heterocycles. The Morgan fingerprint density at radius 3 is 2.80 bits per heavy atom. The van der Waals surface area contributed by atoms with Gasteiger partial charge in [-0.1, -0.05) is 6.07 Å². The zero-order valence-electron chi connectivity index (χ0n) is 14.7. The molecule has 0 aromatic carbocycles. The van der Waals surface area contributed by atoms with Crippen molar-refractivity contribution in [2.75, 3.05) is 13.1 Å². The van der Waals surface area contributed by atoms with Crippen LogP contribution in [0.5, 0.6) is 11.6 Å². The number of ether oxygens (including phenoxy) is 1. The molecule has 0 radical (unpaired) electrons. The second kappa shape index (κ2) is 8.07. The standard InChI is InChI=1S/C19H24N4O2/c1-14-7-8-17(13-21-14)25-19-16(6-5-9-20-19)12-22-18(24)15(2)23-10-3-4-11-23/h5-9,13,15H,3-4,10-12H2,1-2H3,(H,22,24)/t15-/m1/s1. The zero-order chi connectivity index (χ0) is 17.6. The highest BCUT2D eigenvalue weighted by Crippen LogP contribution is 2.22. The lowest BCUT2D eigenvalue weighted by Gasteiger charge is -2.22. The fourth-order valence-corrected chi connectivity index (χ4v) is 2.90. The zero-order valence-corrected chi connectivity index (χ0v) is 14.7. The van der Waals surface area contributed by atoms with Crippen LogP contribution in [0.4, 0.5) is 0 Å². The molecular weight excluding hydrogens is 316 g/mol. The lowest BCUT2D eigenvalue weighted by Crippen LogP contribution is -2.43. The molecule has 2 aromatic rings. The number of rotatable bonds is 6. The van der Waals surface area contributed by atoms with Crippen LogP contribution in [0.15, 0.2) is 36.7 Å². The van der Waals surface area contributed by atoms with Gasteiger partial charge >= 0.3 is 0 Å². The summed E-state index contributed by atoms with van der Waals surface area (Å²) in [5.41, 5.74) is 1.77. The van der Waals surface area contributed by atoms with Gasteiger partial charge in [-0.05, 0) is 58.0 Å². The Kier molecular flexibility index (Phi) is 5.60. The van der Waals surface area contributed by atoms with Gasteiger partial charge in [0.25, 0.3) is 0 Å². The quantitative estimate of drug-likeness (QED) is 0.876. The summed E-state index contributed by atoms with van der Waals surface area (Å²) >= 11 is 0. The van der Waals surface area contributed by atoms with Crippen molar-refractivity contribution in [2.45, 2.75) is 39.3 Å². The maximum absolute atomic E-state index is 12.4. The highest BCUT2D eigenvalue weighted by molar-refractivity contribution is 5.81. The van der Waals surface area contributed by atoms with Crippen molar-refractivity contribution in [3.8, 4) is 11.6 Å². The highest BCUT2D eigenvalue weighted by Gasteiger charge is 2.23. The van der Waals surface area contributed by atoms with Gasteiger partial charge < -0.3 is 10.1 Å². The second-order valence-electron chi connectivity index (χ2n) is 6.34. The third-order valence-electron chi connectivity index (χ3n) is 4.47. The first-order valence-corrected chi connectivity index (χ1v) is 8.69. The molecular formula is C19H24N4O2. The van der Waals surface area contributed by atoms with E-state index in [9.17, 15) is 4.79 Å². The fraction of sp³-hybridized carbons (Fsp3) is 0.421. The van der Waals surface area contributed by atoms with Crippen LogP contribution in [-0.4, -0.2) is 39.9 Å². The van der Waals surface area contributed by atoms with Crippen molar-refractivity contribution in [3.63, 3.8) is 0 Å². The third-order valence-corrected chi connectivity index (χ3v) is 4.47. The molecule has 25 heavy (non-hydrogen) atoms. The van der Waals surface area contributed by atoms with Crippen LogP contribution in [0.2, 0.25) is 0 Å². The monoisotopic (exact) mass is 340 g/mol. The predicted octanol–water partition coefficient (Wildman–Crippen LogP) is 2.68. The molecule has 1 aliphatic heterocycles. The molecule has 0 aliphatic carbocycles. The van der Waals surface area contributed by atoms with Crippen LogP contribution in [0.1, 0.15) is 31.0 Å². The fourth-order valence-electron chi connectivity index (χ4n) is 2.90. The Balaban J connectivity index is 1.62. The molecule has 1 saturated heterocycles. The Hall–Kier alpha value is -2.47. The summed E-state index contributed by atoms with van der Waals surface area (Å²) in [6, 6.07) is 7.38. The number of hydrogen-bond donors (Lipinski definition) is 1. The van der Waals surface area contributed by atoms with E-state index in [2.05, 4.69) is 20.2 Å². The van der Waals surface area contributed by atoms with E-state index in [0.717, 1.165) is 24.3 Å². The van der Waals surface area contributed by atoms with E-state index in [4.69, 9.17) is 4.74 Å². The molecule has 1 atom stereocenters. The van der Waals surface area contributed by atoms with Crippen molar-refractivity contribution in [1.82, 2.24) is 20.2 Å². The van der Waals surface area contributed by atoms with Gasteiger partial charge in [-0.3, -0.25) is 14.7 Å². The average molecular weight is 340 g/mol. The van der Waals surface area contributed by atoms with E-state index in [1.165, 1.54) is 12.8 Å². The van der Waals surface area contributed by atoms with Crippen molar-refractivity contribution < 1.29 is 9.53 Å². The van der Waals surface area contributed by atoms with Gasteiger partial charge in [-0.15, -0.1) is 0 Å². The molecule has 6 heteroatoms. The van der Waals surface area contributed by atoms with Crippen LogP contribution in [0.25, 0.3) is 0 Å². The predicted molar refractivity (Wildman–Crippen MR) is 95.4 cm³/mol. The largest absolute Gasteiger partial charge is 0.437 e. The first-order chi connectivity index (χ1) is 12.1. The lowest BCUT2D eigenvalue weighted by molar-refractivity contribution is -0.125. The molecule has 1 aliphatic rings. The summed E-state index contributed by atoms with van der Waals surface area (Å²) in [5, 5.41) is 2.99. The van der Waals surface area contributed by atoms with Gasteiger partial charge in [0, 0.05) is 24.0 Å². The second-order valence-corrected chi connectivity index (χ2v) is 6.34. The van der Waals surface area contributed by atoms with Gasteiger partial charge in [-0.2, -0.15) is 0 Å². The molecule has 132 valence electrons. The van der Waals surface area contributed by atoms with E-state index < -0.39 is 0 Å².